The summed E-state index contributed by atoms with van der Waals surface area (Å²) in [5.74, 6) is 5.83. The van der Waals surface area contributed by atoms with Gasteiger partial charge in [-0.1, -0.05) is 93.2 Å². The molecular formula is C54H80N2O7. The van der Waals surface area contributed by atoms with Crippen LogP contribution in [0.2, 0.25) is 0 Å². The molecule has 1 aliphatic heterocycles. The first kappa shape index (κ1) is 47.7. The molecule has 9 heteroatoms. The Bertz CT molecular complexity index is 1890. The van der Waals surface area contributed by atoms with Gasteiger partial charge in [0.1, 0.15) is 12.7 Å². The van der Waals surface area contributed by atoms with Gasteiger partial charge in [0.2, 0.25) is 0 Å². The number of hydrogen-bond acceptors (Lipinski definition) is 9. The quantitative estimate of drug-likeness (QED) is 0.141. The molecule has 0 aromatic heterocycles. The Morgan fingerprint density at radius 1 is 0.714 bits per heavy atom. The molecule has 348 valence electrons. The molecular weight excluding hydrogens is 789 g/mol. The number of azo groups is 1. The van der Waals surface area contributed by atoms with Gasteiger partial charge in [0, 0.05) is 23.3 Å². The van der Waals surface area contributed by atoms with Gasteiger partial charge in [-0.25, -0.2) is 4.79 Å². The zero-order chi connectivity index (χ0) is 44.8. The van der Waals surface area contributed by atoms with E-state index in [9.17, 15) is 4.79 Å². The number of carbonyl (C=O) groups excluding carboxylic acids is 1. The number of carbonyl (C=O) groups is 1. The lowest BCUT2D eigenvalue weighted by atomic mass is 9.47. The SMILES string of the molecule is CC(C)CCCC(C)C1CCC2C3CC=C4CC(OC(=O)c5ccc(N=Nc6ccc7c(c6)OCC(C)(C)COCC(C)(C)COCCOCCO7)cc5)CCC4(C)C3CCC12C. The molecule has 8 unspecified atom stereocenters. The van der Waals surface area contributed by atoms with E-state index in [0.717, 1.165) is 54.8 Å². The van der Waals surface area contributed by atoms with E-state index in [1.165, 1.54) is 51.4 Å². The number of allylic oxidation sites excluding steroid dienone is 1. The van der Waals surface area contributed by atoms with Crippen LogP contribution in [-0.4, -0.2) is 64.9 Å². The maximum absolute atomic E-state index is 13.5. The van der Waals surface area contributed by atoms with Gasteiger partial charge in [0.15, 0.2) is 11.5 Å². The van der Waals surface area contributed by atoms with Crippen molar-refractivity contribution in [2.45, 2.75) is 139 Å². The Morgan fingerprint density at radius 3 is 2.19 bits per heavy atom. The molecule has 0 spiro atoms. The molecule has 3 saturated carbocycles. The number of benzene rings is 2. The first-order valence-electron chi connectivity index (χ1n) is 24.6. The van der Waals surface area contributed by atoms with Crippen LogP contribution in [0.15, 0.2) is 64.3 Å². The molecule has 2 aromatic rings. The van der Waals surface area contributed by atoms with Crippen LogP contribution in [0.3, 0.4) is 0 Å². The van der Waals surface area contributed by atoms with E-state index < -0.39 is 0 Å². The number of ether oxygens (including phenoxy) is 6. The van der Waals surface area contributed by atoms with E-state index in [1.807, 2.05) is 30.3 Å². The fourth-order valence-corrected chi connectivity index (χ4v) is 12.3. The molecule has 5 aliphatic rings. The minimum absolute atomic E-state index is 0.0877. The zero-order valence-corrected chi connectivity index (χ0v) is 40.3. The lowest BCUT2D eigenvalue weighted by Crippen LogP contribution is -2.51. The van der Waals surface area contributed by atoms with Crippen LogP contribution in [0, 0.1) is 57.2 Å². The molecule has 8 atom stereocenters. The summed E-state index contributed by atoms with van der Waals surface area (Å²) in [7, 11) is 0. The van der Waals surface area contributed by atoms with Crippen molar-refractivity contribution in [1.29, 1.82) is 0 Å². The molecule has 0 amide bonds. The van der Waals surface area contributed by atoms with Gasteiger partial charge in [-0.15, -0.1) is 0 Å². The summed E-state index contributed by atoms with van der Waals surface area (Å²) in [5, 5.41) is 9.02. The summed E-state index contributed by atoms with van der Waals surface area (Å²) in [6, 6.07) is 12.8. The zero-order valence-electron chi connectivity index (χ0n) is 40.3. The molecule has 0 saturated heterocycles. The van der Waals surface area contributed by atoms with Crippen LogP contribution in [0.5, 0.6) is 11.5 Å². The smallest absolute Gasteiger partial charge is 0.338 e. The van der Waals surface area contributed by atoms with Crippen molar-refractivity contribution in [2.75, 3.05) is 52.9 Å². The van der Waals surface area contributed by atoms with Crippen LogP contribution in [0.4, 0.5) is 11.4 Å². The highest BCUT2D eigenvalue weighted by molar-refractivity contribution is 5.89. The second kappa shape index (κ2) is 20.5. The normalized spacial score (nSPS) is 31.8. The molecule has 0 radical (unpaired) electrons. The van der Waals surface area contributed by atoms with Crippen LogP contribution >= 0.6 is 0 Å². The van der Waals surface area contributed by atoms with Gasteiger partial charge in [-0.05, 0) is 128 Å². The van der Waals surface area contributed by atoms with Crippen LogP contribution in [-0.2, 0) is 18.9 Å². The van der Waals surface area contributed by atoms with Crippen molar-refractivity contribution in [3.63, 3.8) is 0 Å². The number of esters is 1. The van der Waals surface area contributed by atoms with Crippen LogP contribution in [0.25, 0.3) is 0 Å². The van der Waals surface area contributed by atoms with E-state index in [0.29, 0.717) is 86.7 Å². The Balaban J connectivity index is 0.933. The highest BCUT2D eigenvalue weighted by Crippen LogP contribution is 2.67. The van der Waals surface area contributed by atoms with Gasteiger partial charge in [0.25, 0.3) is 0 Å². The summed E-state index contributed by atoms with van der Waals surface area (Å²) in [6.07, 6.45) is 16.3. The van der Waals surface area contributed by atoms with Gasteiger partial charge < -0.3 is 28.4 Å². The average Bonchev–Trinajstić information content (AvgIpc) is 3.60. The van der Waals surface area contributed by atoms with Crippen molar-refractivity contribution in [2.24, 2.45) is 67.4 Å². The molecule has 0 N–H and O–H groups in total. The number of hydrogen-bond donors (Lipinski definition) is 0. The fourth-order valence-electron chi connectivity index (χ4n) is 12.3. The van der Waals surface area contributed by atoms with Crippen molar-refractivity contribution in [1.82, 2.24) is 0 Å². The second-order valence-corrected chi connectivity index (χ2v) is 22.6. The highest BCUT2D eigenvalue weighted by atomic mass is 16.6. The minimum atomic E-state index is -0.268. The topological polar surface area (TPSA) is 97.2 Å². The number of rotatable bonds is 9. The molecule has 0 bridgehead atoms. The molecule has 3 fully saturated rings. The summed E-state index contributed by atoms with van der Waals surface area (Å²) in [4.78, 5) is 13.5. The van der Waals surface area contributed by atoms with Crippen molar-refractivity contribution < 1.29 is 33.2 Å². The third-order valence-electron chi connectivity index (χ3n) is 15.8. The molecule has 7 rings (SSSR count). The van der Waals surface area contributed by atoms with E-state index in [4.69, 9.17) is 28.4 Å². The van der Waals surface area contributed by atoms with Crippen molar-refractivity contribution in [3.05, 3.63) is 59.7 Å². The summed E-state index contributed by atoms with van der Waals surface area (Å²) in [6.45, 7) is 25.0. The fraction of sp³-hybridized carbons (Fsp3) is 0.722. The summed E-state index contributed by atoms with van der Waals surface area (Å²) >= 11 is 0. The monoisotopic (exact) mass is 869 g/mol. The van der Waals surface area contributed by atoms with Gasteiger partial charge in [-0.2, -0.15) is 10.2 Å². The second-order valence-electron chi connectivity index (χ2n) is 22.6. The Labute approximate surface area is 379 Å². The maximum atomic E-state index is 13.5. The third kappa shape index (κ3) is 11.8. The molecule has 9 nitrogen and oxygen atoms in total. The predicted octanol–water partition coefficient (Wildman–Crippen LogP) is 13.5. The lowest BCUT2D eigenvalue weighted by molar-refractivity contribution is -0.0594. The number of nitrogens with zero attached hydrogens (tertiary/aromatic N) is 2. The largest absolute Gasteiger partial charge is 0.489 e. The molecule has 2 aromatic carbocycles. The Hall–Kier alpha value is -3.27. The Kier molecular flexibility index (Phi) is 15.5. The summed E-state index contributed by atoms with van der Waals surface area (Å²) in [5.41, 5.74) is 3.70. The van der Waals surface area contributed by atoms with Crippen LogP contribution in [0.1, 0.15) is 143 Å². The molecule has 1 heterocycles. The van der Waals surface area contributed by atoms with Gasteiger partial charge >= 0.3 is 5.97 Å². The summed E-state index contributed by atoms with van der Waals surface area (Å²) < 4.78 is 36.4. The van der Waals surface area contributed by atoms with Crippen LogP contribution < -0.4 is 9.47 Å². The standard InChI is InChI=1S/C54H80N2O7/c1-37(2)11-10-12-38(3)45-20-21-46-44-19-15-40-31-43(23-25-53(40,8)47(44)24-26-54(45,46)9)63-50(57)39-13-16-41(17-14-39)55-56-42-18-22-48-49(32-42)62-36-52(6,7)35-60-34-51(4,5)33-59-28-27-58-29-30-61-48/h13-18,22,32,37-38,43-47H,10-12,19-21,23-31,33-36H2,1-9H3. The predicted molar refractivity (Wildman–Crippen MR) is 250 cm³/mol. The highest BCUT2D eigenvalue weighted by Gasteiger charge is 2.59. The first-order chi connectivity index (χ1) is 30.1. The van der Waals surface area contributed by atoms with Gasteiger partial charge in [0.05, 0.1) is 63.2 Å². The number of fused-ring (bicyclic) bond motifs is 6. The van der Waals surface area contributed by atoms with Gasteiger partial charge in [-0.3, -0.25) is 0 Å². The van der Waals surface area contributed by atoms with E-state index in [1.54, 1.807) is 17.7 Å². The Morgan fingerprint density at radius 2 is 1.41 bits per heavy atom. The molecule has 63 heavy (non-hydrogen) atoms. The minimum Gasteiger partial charge on any atom is -0.489 e. The first-order valence-corrected chi connectivity index (χ1v) is 24.6. The maximum Gasteiger partial charge on any atom is 0.338 e. The molecule has 4 aliphatic carbocycles. The lowest BCUT2D eigenvalue weighted by Gasteiger charge is -2.58. The van der Waals surface area contributed by atoms with Crippen molar-refractivity contribution in [3.8, 4) is 11.5 Å². The van der Waals surface area contributed by atoms with E-state index in [2.05, 4.69) is 78.6 Å². The van der Waals surface area contributed by atoms with E-state index >= 15 is 0 Å². The van der Waals surface area contributed by atoms with E-state index in [-0.39, 0.29) is 28.3 Å². The van der Waals surface area contributed by atoms with Crippen molar-refractivity contribution >= 4 is 17.3 Å². The average molecular weight is 869 g/mol. The third-order valence-corrected chi connectivity index (χ3v) is 15.8.